The van der Waals surface area contributed by atoms with E-state index in [0.717, 1.165) is 13.1 Å². The number of aryl methyl sites for hydroxylation is 2. The lowest BCUT2D eigenvalue weighted by molar-refractivity contribution is 0.585. The van der Waals surface area contributed by atoms with Crippen molar-refractivity contribution in [3.8, 4) is 11.1 Å². The van der Waals surface area contributed by atoms with E-state index in [4.69, 9.17) is 0 Å². The van der Waals surface area contributed by atoms with Crippen molar-refractivity contribution in [3.63, 3.8) is 0 Å². The molecule has 0 unspecified atom stereocenters. The Morgan fingerprint density at radius 1 is 1.18 bits per heavy atom. The molecule has 17 heavy (non-hydrogen) atoms. The average molecular weight is 229 g/mol. The first kappa shape index (κ1) is 11.9. The number of nitrogens with one attached hydrogen (secondary N) is 1. The Morgan fingerprint density at radius 2 is 2.00 bits per heavy atom. The maximum absolute atomic E-state index is 4.36. The van der Waals surface area contributed by atoms with E-state index in [-0.39, 0.29) is 0 Å². The molecule has 0 radical (unpaired) electrons. The first-order valence-electron chi connectivity index (χ1n) is 5.95. The van der Waals surface area contributed by atoms with Crippen LogP contribution in [0.2, 0.25) is 0 Å². The molecule has 1 heterocycles. The van der Waals surface area contributed by atoms with Gasteiger partial charge in [-0.25, -0.2) is 0 Å². The summed E-state index contributed by atoms with van der Waals surface area (Å²) in [6.45, 7) is 6.12. The molecular weight excluding hydrogens is 210 g/mol. The summed E-state index contributed by atoms with van der Waals surface area (Å²) in [6.07, 6.45) is 4.03. The summed E-state index contributed by atoms with van der Waals surface area (Å²) in [6, 6.07) is 6.53. The molecule has 0 aliphatic carbocycles. The van der Waals surface area contributed by atoms with Crippen molar-refractivity contribution in [3.05, 3.63) is 41.7 Å². The number of hydrogen-bond donors (Lipinski definition) is 1. The molecule has 0 saturated carbocycles. The summed E-state index contributed by atoms with van der Waals surface area (Å²) < 4.78 is 1.97. The van der Waals surface area contributed by atoms with Gasteiger partial charge in [0.15, 0.2) is 0 Å². The summed E-state index contributed by atoms with van der Waals surface area (Å²) in [7, 11) is 1.95. The second-order valence-electron chi connectivity index (χ2n) is 4.39. The second kappa shape index (κ2) is 5.15. The van der Waals surface area contributed by atoms with E-state index in [1.807, 2.05) is 17.9 Å². The van der Waals surface area contributed by atoms with Gasteiger partial charge in [-0.05, 0) is 37.6 Å². The van der Waals surface area contributed by atoms with Gasteiger partial charge in [-0.15, -0.1) is 0 Å². The third-order valence-electron chi connectivity index (χ3n) is 3.06. The van der Waals surface area contributed by atoms with Crippen LogP contribution in [0.3, 0.4) is 0 Å². The monoisotopic (exact) mass is 229 g/mol. The molecule has 0 fully saturated rings. The van der Waals surface area contributed by atoms with Crippen LogP contribution in [0.25, 0.3) is 11.1 Å². The Labute approximate surface area is 102 Å². The lowest BCUT2D eigenvalue weighted by Crippen LogP contribution is -2.14. The number of rotatable bonds is 4. The molecule has 0 spiro atoms. The zero-order chi connectivity index (χ0) is 12.3. The standard InChI is InChI=1S/C14H19N3/c1-11-4-5-13(8-12(11)2)14-9-16-17(10-14)7-6-15-3/h4-5,8-10,15H,6-7H2,1-3H3. The topological polar surface area (TPSA) is 29.9 Å². The van der Waals surface area contributed by atoms with Gasteiger partial charge in [0.2, 0.25) is 0 Å². The quantitative estimate of drug-likeness (QED) is 0.872. The predicted octanol–water partition coefficient (Wildman–Crippen LogP) is 2.39. The minimum absolute atomic E-state index is 0.904. The van der Waals surface area contributed by atoms with Crippen LogP contribution in [0.15, 0.2) is 30.6 Å². The molecule has 0 bridgehead atoms. The second-order valence-corrected chi connectivity index (χ2v) is 4.39. The van der Waals surface area contributed by atoms with Gasteiger partial charge < -0.3 is 5.32 Å². The van der Waals surface area contributed by atoms with E-state index >= 15 is 0 Å². The Kier molecular flexibility index (Phi) is 3.59. The molecule has 1 aromatic heterocycles. The number of hydrogen-bond acceptors (Lipinski definition) is 2. The van der Waals surface area contributed by atoms with Gasteiger partial charge >= 0.3 is 0 Å². The molecular formula is C14H19N3. The fourth-order valence-corrected chi connectivity index (χ4v) is 1.78. The van der Waals surface area contributed by atoms with Crippen molar-refractivity contribution in [2.75, 3.05) is 13.6 Å². The summed E-state index contributed by atoms with van der Waals surface area (Å²) in [5, 5.41) is 7.48. The van der Waals surface area contributed by atoms with E-state index in [9.17, 15) is 0 Å². The molecule has 3 heteroatoms. The Morgan fingerprint density at radius 3 is 2.71 bits per heavy atom. The van der Waals surface area contributed by atoms with E-state index < -0.39 is 0 Å². The Balaban J connectivity index is 2.21. The molecule has 0 amide bonds. The van der Waals surface area contributed by atoms with Crippen LogP contribution < -0.4 is 5.32 Å². The van der Waals surface area contributed by atoms with Crippen molar-refractivity contribution in [1.82, 2.24) is 15.1 Å². The first-order chi connectivity index (χ1) is 8.20. The van der Waals surface area contributed by atoms with Crippen LogP contribution in [-0.4, -0.2) is 23.4 Å². The van der Waals surface area contributed by atoms with Crippen LogP contribution in [0.1, 0.15) is 11.1 Å². The third-order valence-corrected chi connectivity index (χ3v) is 3.06. The molecule has 3 nitrogen and oxygen atoms in total. The zero-order valence-corrected chi connectivity index (χ0v) is 10.7. The highest BCUT2D eigenvalue weighted by Crippen LogP contribution is 2.21. The highest BCUT2D eigenvalue weighted by atomic mass is 15.3. The zero-order valence-electron chi connectivity index (χ0n) is 10.7. The Hall–Kier alpha value is -1.61. The summed E-state index contributed by atoms with van der Waals surface area (Å²) in [4.78, 5) is 0. The third kappa shape index (κ3) is 2.74. The van der Waals surface area contributed by atoms with Crippen molar-refractivity contribution >= 4 is 0 Å². The lowest BCUT2D eigenvalue weighted by atomic mass is 10.0. The van der Waals surface area contributed by atoms with Crippen LogP contribution in [0.4, 0.5) is 0 Å². The molecule has 1 N–H and O–H groups in total. The van der Waals surface area contributed by atoms with Crippen LogP contribution >= 0.6 is 0 Å². The predicted molar refractivity (Wildman–Crippen MR) is 71.1 cm³/mol. The van der Waals surface area contributed by atoms with Gasteiger partial charge in [-0.2, -0.15) is 5.10 Å². The maximum atomic E-state index is 4.36. The van der Waals surface area contributed by atoms with Gasteiger partial charge in [0.05, 0.1) is 12.7 Å². The van der Waals surface area contributed by atoms with Crippen molar-refractivity contribution in [2.45, 2.75) is 20.4 Å². The van der Waals surface area contributed by atoms with Gasteiger partial charge in [-0.1, -0.05) is 18.2 Å². The van der Waals surface area contributed by atoms with Crippen molar-refractivity contribution in [2.24, 2.45) is 0 Å². The average Bonchev–Trinajstić information content (AvgIpc) is 2.79. The number of benzene rings is 1. The van der Waals surface area contributed by atoms with E-state index in [2.05, 4.69) is 48.7 Å². The Bertz CT molecular complexity index is 500. The van der Waals surface area contributed by atoms with E-state index in [1.165, 1.54) is 22.3 Å². The minimum Gasteiger partial charge on any atom is -0.318 e. The molecule has 0 atom stereocenters. The molecule has 0 aliphatic rings. The number of aromatic nitrogens is 2. The summed E-state index contributed by atoms with van der Waals surface area (Å²) in [5.74, 6) is 0. The molecule has 0 aliphatic heterocycles. The first-order valence-corrected chi connectivity index (χ1v) is 5.95. The molecule has 1 aromatic carbocycles. The summed E-state index contributed by atoms with van der Waals surface area (Å²) >= 11 is 0. The lowest BCUT2D eigenvalue weighted by Gasteiger charge is -2.03. The normalized spacial score (nSPS) is 10.8. The summed E-state index contributed by atoms with van der Waals surface area (Å²) in [5.41, 5.74) is 5.08. The van der Waals surface area contributed by atoms with Crippen molar-refractivity contribution in [1.29, 1.82) is 0 Å². The highest BCUT2D eigenvalue weighted by molar-refractivity contribution is 5.63. The van der Waals surface area contributed by atoms with Crippen LogP contribution in [0.5, 0.6) is 0 Å². The van der Waals surface area contributed by atoms with Crippen LogP contribution in [-0.2, 0) is 6.54 Å². The van der Waals surface area contributed by atoms with E-state index in [1.54, 1.807) is 0 Å². The van der Waals surface area contributed by atoms with E-state index in [0.29, 0.717) is 0 Å². The molecule has 2 aromatic rings. The fraction of sp³-hybridized carbons (Fsp3) is 0.357. The fourth-order valence-electron chi connectivity index (χ4n) is 1.78. The maximum Gasteiger partial charge on any atom is 0.0568 e. The highest BCUT2D eigenvalue weighted by Gasteiger charge is 2.02. The van der Waals surface area contributed by atoms with Gasteiger partial charge in [0, 0.05) is 18.3 Å². The van der Waals surface area contributed by atoms with Gasteiger partial charge in [0.25, 0.3) is 0 Å². The molecule has 0 saturated heterocycles. The number of nitrogens with zero attached hydrogens (tertiary/aromatic N) is 2. The van der Waals surface area contributed by atoms with Gasteiger partial charge in [-0.3, -0.25) is 4.68 Å². The molecule has 90 valence electrons. The van der Waals surface area contributed by atoms with Crippen LogP contribution in [0, 0.1) is 13.8 Å². The van der Waals surface area contributed by atoms with Gasteiger partial charge in [0.1, 0.15) is 0 Å². The smallest absolute Gasteiger partial charge is 0.0568 e. The van der Waals surface area contributed by atoms with Crippen molar-refractivity contribution < 1.29 is 0 Å². The SMILES string of the molecule is CNCCn1cc(-c2ccc(C)c(C)c2)cn1. The number of likely N-dealkylation sites (N-methyl/N-ethyl adjacent to an activating group) is 1. The largest absolute Gasteiger partial charge is 0.318 e. The molecule has 2 rings (SSSR count). The minimum atomic E-state index is 0.904.